The highest BCUT2D eigenvalue weighted by Crippen LogP contribution is 2.07. The zero-order valence-electron chi connectivity index (χ0n) is 6.27. The lowest BCUT2D eigenvalue weighted by Gasteiger charge is -2.01. The predicted molar refractivity (Wildman–Crippen MR) is 46.9 cm³/mol. The van der Waals surface area contributed by atoms with Gasteiger partial charge in [-0.1, -0.05) is 32.6 Å². The lowest BCUT2D eigenvalue weighted by molar-refractivity contribution is 0.642. The van der Waals surface area contributed by atoms with Crippen molar-refractivity contribution in [3.8, 4) is 0 Å². The molecule has 1 atom stereocenters. The fourth-order valence-corrected chi connectivity index (χ4v) is 0.989. The van der Waals surface area contributed by atoms with Crippen molar-refractivity contribution < 1.29 is 0 Å². The number of hydrogen-bond acceptors (Lipinski definition) is 1. The summed E-state index contributed by atoms with van der Waals surface area (Å²) in [5.41, 5.74) is 0. The fourth-order valence-electron chi connectivity index (χ4n) is 0.807. The number of thiol groups is 1. The van der Waals surface area contributed by atoms with Gasteiger partial charge in [0.25, 0.3) is 0 Å². The largest absolute Gasteiger partial charge is 0.176 e. The Morgan fingerprint density at radius 3 is 2.44 bits per heavy atom. The molecule has 9 heavy (non-hydrogen) atoms. The van der Waals surface area contributed by atoms with Crippen molar-refractivity contribution in [1.29, 1.82) is 0 Å². The second-order valence-corrected chi connectivity index (χ2v) is 3.23. The number of hydrogen-bond donors (Lipinski definition) is 1. The molecule has 0 rings (SSSR count). The Kier molecular flexibility index (Phi) is 6.72. The van der Waals surface area contributed by atoms with E-state index in [4.69, 9.17) is 0 Å². The molecule has 1 radical (unpaired) electrons. The Bertz CT molecular complexity index is 50.5. The van der Waals surface area contributed by atoms with Gasteiger partial charge in [0.2, 0.25) is 0 Å². The maximum Gasteiger partial charge on any atom is 0.00172 e. The molecule has 0 heterocycles. The van der Waals surface area contributed by atoms with Crippen LogP contribution in [0.25, 0.3) is 0 Å². The smallest absolute Gasteiger partial charge is 0.00172 e. The van der Waals surface area contributed by atoms with E-state index < -0.39 is 0 Å². The SMILES string of the molecule is [CH2]C(S)CCCCCC. The van der Waals surface area contributed by atoms with Gasteiger partial charge in [0.15, 0.2) is 0 Å². The van der Waals surface area contributed by atoms with Gasteiger partial charge in [0.05, 0.1) is 0 Å². The Morgan fingerprint density at radius 2 is 2.00 bits per heavy atom. The van der Waals surface area contributed by atoms with E-state index in [1.165, 1.54) is 32.1 Å². The molecule has 0 aromatic rings. The van der Waals surface area contributed by atoms with E-state index in [2.05, 4.69) is 26.5 Å². The molecule has 0 fully saturated rings. The van der Waals surface area contributed by atoms with Crippen molar-refractivity contribution in [1.82, 2.24) is 0 Å². The van der Waals surface area contributed by atoms with Gasteiger partial charge in [-0.2, -0.15) is 12.6 Å². The second kappa shape index (κ2) is 6.47. The van der Waals surface area contributed by atoms with Crippen molar-refractivity contribution in [2.24, 2.45) is 0 Å². The molecule has 1 heteroatoms. The summed E-state index contributed by atoms with van der Waals surface area (Å²) in [4.78, 5) is 0. The first kappa shape index (κ1) is 9.35. The molecule has 0 nitrogen and oxygen atoms in total. The standard InChI is InChI=1S/C8H17S/c1-3-4-5-6-7-8(2)9/h8-9H,2-7H2,1H3. The lowest BCUT2D eigenvalue weighted by Crippen LogP contribution is -1.90. The zero-order valence-corrected chi connectivity index (χ0v) is 7.16. The summed E-state index contributed by atoms with van der Waals surface area (Å²) < 4.78 is 0. The lowest BCUT2D eigenvalue weighted by atomic mass is 10.1. The Balaban J connectivity index is 2.75. The first-order valence-corrected chi connectivity index (χ1v) is 4.30. The van der Waals surface area contributed by atoms with Gasteiger partial charge in [0.1, 0.15) is 0 Å². The monoisotopic (exact) mass is 145 g/mol. The van der Waals surface area contributed by atoms with Crippen molar-refractivity contribution >= 4 is 12.6 Å². The maximum atomic E-state index is 4.19. The molecule has 55 valence electrons. The van der Waals surface area contributed by atoms with Crippen LogP contribution in [0.1, 0.15) is 39.0 Å². The van der Waals surface area contributed by atoms with Crippen LogP contribution in [-0.4, -0.2) is 5.25 Å². The predicted octanol–water partition coefficient (Wildman–Crippen LogP) is 3.09. The Morgan fingerprint density at radius 1 is 1.33 bits per heavy atom. The Labute approximate surface area is 64.4 Å². The minimum atomic E-state index is 0.349. The summed E-state index contributed by atoms with van der Waals surface area (Å²) >= 11 is 4.19. The molecule has 0 saturated carbocycles. The van der Waals surface area contributed by atoms with E-state index in [1.54, 1.807) is 0 Å². The average molecular weight is 145 g/mol. The van der Waals surface area contributed by atoms with Crippen LogP contribution in [0, 0.1) is 6.92 Å². The van der Waals surface area contributed by atoms with E-state index in [-0.39, 0.29) is 0 Å². The van der Waals surface area contributed by atoms with Crippen LogP contribution in [0.5, 0.6) is 0 Å². The van der Waals surface area contributed by atoms with Crippen LogP contribution in [0.15, 0.2) is 0 Å². The molecule has 0 aliphatic rings. The first-order valence-electron chi connectivity index (χ1n) is 3.78. The quantitative estimate of drug-likeness (QED) is 0.446. The highest BCUT2D eigenvalue weighted by molar-refractivity contribution is 7.81. The minimum Gasteiger partial charge on any atom is -0.176 e. The zero-order chi connectivity index (χ0) is 7.11. The summed E-state index contributed by atoms with van der Waals surface area (Å²) in [6, 6.07) is 0. The fraction of sp³-hybridized carbons (Fsp3) is 0.875. The van der Waals surface area contributed by atoms with E-state index in [1.807, 2.05) is 0 Å². The van der Waals surface area contributed by atoms with Crippen molar-refractivity contribution in [2.45, 2.75) is 44.3 Å². The molecular weight excluding hydrogens is 128 g/mol. The summed E-state index contributed by atoms with van der Waals surface area (Å²) in [6.45, 7) is 6.02. The molecule has 0 N–H and O–H groups in total. The van der Waals surface area contributed by atoms with Gasteiger partial charge >= 0.3 is 0 Å². The van der Waals surface area contributed by atoms with Crippen molar-refractivity contribution in [3.63, 3.8) is 0 Å². The van der Waals surface area contributed by atoms with Crippen LogP contribution in [0.2, 0.25) is 0 Å². The third kappa shape index (κ3) is 8.35. The summed E-state index contributed by atoms with van der Waals surface area (Å²) in [6.07, 6.45) is 6.49. The molecule has 0 aliphatic heterocycles. The first-order chi connectivity index (χ1) is 4.27. The topological polar surface area (TPSA) is 0 Å². The average Bonchev–Trinajstić information content (AvgIpc) is 1.80. The van der Waals surface area contributed by atoms with Crippen molar-refractivity contribution in [2.75, 3.05) is 0 Å². The van der Waals surface area contributed by atoms with E-state index in [9.17, 15) is 0 Å². The van der Waals surface area contributed by atoms with Gasteiger partial charge in [0, 0.05) is 5.25 Å². The highest BCUT2D eigenvalue weighted by atomic mass is 32.1. The normalized spacial score (nSPS) is 13.7. The van der Waals surface area contributed by atoms with Crippen LogP contribution in [-0.2, 0) is 0 Å². The van der Waals surface area contributed by atoms with Crippen molar-refractivity contribution in [3.05, 3.63) is 6.92 Å². The molecule has 0 aliphatic carbocycles. The van der Waals surface area contributed by atoms with Crippen LogP contribution < -0.4 is 0 Å². The van der Waals surface area contributed by atoms with Gasteiger partial charge in [-0.3, -0.25) is 0 Å². The number of unbranched alkanes of at least 4 members (excludes halogenated alkanes) is 3. The summed E-state index contributed by atoms with van der Waals surface area (Å²) in [5.74, 6) is 0. The third-order valence-electron chi connectivity index (χ3n) is 1.39. The molecule has 0 amide bonds. The van der Waals surface area contributed by atoms with Gasteiger partial charge < -0.3 is 0 Å². The molecule has 0 saturated heterocycles. The maximum absolute atomic E-state index is 4.19. The van der Waals surface area contributed by atoms with Crippen LogP contribution in [0.4, 0.5) is 0 Å². The summed E-state index contributed by atoms with van der Waals surface area (Å²) in [7, 11) is 0. The van der Waals surface area contributed by atoms with E-state index in [0.717, 1.165) is 0 Å². The second-order valence-electron chi connectivity index (χ2n) is 2.50. The molecule has 0 bridgehead atoms. The third-order valence-corrected chi connectivity index (χ3v) is 1.65. The summed E-state index contributed by atoms with van der Waals surface area (Å²) in [5, 5.41) is 0.349. The molecular formula is C8H17S. The van der Waals surface area contributed by atoms with Gasteiger partial charge in [-0.25, -0.2) is 0 Å². The van der Waals surface area contributed by atoms with Crippen LogP contribution in [0.3, 0.4) is 0 Å². The van der Waals surface area contributed by atoms with Gasteiger partial charge in [-0.05, 0) is 13.3 Å². The van der Waals surface area contributed by atoms with Gasteiger partial charge in [-0.15, -0.1) is 0 Å². The molecule has 0 spiro atoms. The molecule has 0 aromatic carbocycles. The van der Waals surface area contributed by atoms with Crippen LogP contribution >= 0.6 is 12.6 Å². The number of rotatable bonds is 5. The highest BCUT2D eigenvalue weighted by Gasteiger charge is 1.92. The minimum absolute atomic E-state index is 0.349. The molecule has 1 unspecified atom stereocenters. The molecule has 0 aromatic heterocycles. The van der Waals surface area contributed by atoms with E-state index >= 15 is 0 Å². The van der Waals surface area contributed by atoms with E-state index in [0.29, 0.717) is 5.25 Å². The Hall–Kier alpha value is 0.350.